The molecule has 2 fully saturated rings. The van der Waals surface area contributed by atoms with Gasteiger partial charge in [0.25, 0.3) is 0 Å². The Morgan fingerprint density at radius 1 is 0.806 bits per heavy atom. The van der Waals surface area contributed by atoms with Crippen LogP contribution in [0.4, 0.5) is 0 Å². The minimum absolute atomic E-state index is 0.0994. The Kier molecular flexibility index (Phi) is 10.1. The third-order valence-corrected chi connectivity index (χ3v) is 9.70. The van der Waals surface area contributed by atoms with Gasteiger partial charge in [-0.25, -0.2) is 0 Å². The van der Waals surface area contributed by atoms with Crippen LogP contribution in [0.1, 0.15) is 69.2 Å². The van der Waals surface area contributed by atoms with Gasteiger partial charge in [-0.2, -0.15) is 0 Å². The summed E-state index contributed by atoms with van der Waals surface area (Å²) in [7, 11) is 8.07. The van der Waals surface area contributed by atoms with Gasteiger partial charge in [-0.15, -0.1) is 24.2 Å². The van der Waals surface area contributed by atoms with E-state index in [4.69, 9.17) is 34.1 Å². The van der Waals surface area contributed by atoms with E-state index in [1.807, 2.05) is 0 Å². The van der Waals surface area contributed by atoms with Crippen molar-refractivity contribution >= 4 is 0 Å². The topological polar surface area (TPSA) is 64.6 Å². The van der Waals surface area contributed by atoms with E-state index in [0.29, 0.717) is 18.4 Å². The highest BCUT2D eigenvalue weighted by Gasteiger charge is 2.63. The standard InChI is InChI=1S/C26H56N3O7/c1-17(2)19(4)21(6)25-22(7)20(5)24(9)26(10)23(8)18(3)16-32-27(11,30-14)35-29(13,34-26)36-28(12,31-15)33-25/h17-25H,16H2,1-15H3/q+3. The Balaban J connectivity index is 2.73. The van der Waals surface area contributed by atoms with E-state index >= 15 is 0 Å². The Morgan fingerprint density at radius 2 is 1.33 bits per heavy atom. The van der Waals surface area contributed by atoms with E-state index in [1.165, 1.54) is 7.11 Å². The third kappa shape index (κ3) is 6.42. The molecular formula is C26H56N3O7+3. The second kappa shape index (κ2) is 11.4. The number of hydrogen-bond acceptors (Lipinski definition) is 7. The Morgan fingerprint density at radius 3 is 1.83 bits per heavy atom. The molecule has 0 aromatic rings. The number of rotatable bonds is 5. The molecule has 214 valence electrons. The molecule has 36 heavy (non-hydrogen) atoms. The second-order valence-electron chi connectivity index (χ2n) is 12.2. The average Bonchev–Trinajstić information content (AvgIpc) is 2.83. The first-order valence-electron chi connectivity index (χ1n) is 13.5. The molecule has 0 aromatic heterocycles. The molecule has 12 atom stereocenters. The summed E-state index contributed by atoms with van der Waals surface area (Å²) in [6.45, 7) is 22.9. The molecule has 12 unspecified atom stereocenters. The minimum atomic E-state index is -0.783. The number of quaternary nitrogens is 3. The lowest BCUT2D eigenvalue weighted by atomic mass is 9.65. The molecule has 0 radical (unpaired) electrons. The highest BCUT2D eigenvalue weighted by Crippen LogP contribution is 2.47. The van der Waals surface area contributed by atoms with Crippen molar-refractivity contribution < 1.29 is 49.0 Å². The van der Waals surface area contributed by atoms with Crippen LogP contribution in [0.2, 0.25) is 0 Å². The highest BCUT2D eigenvalue weighted by atomic mass is 17.4. The van der Waals surface area contributed by atoms with Crippen LogP contribution < -0.4 is 0 Å². The molecule has 2 heterocycles. The summed E-state index contributed by atoms with van der Waals surface area (Å²) >= 11 is 0. The summed E-state index contributed by atoms with van der Waals surface area (Å²) < 4.78 is 0. The summed E-state index contributed by atoms with van der Waals surface area (Å²) in [6, 6.07) is 0. The first-order chi connectivity index (χ1) is 16.4. The number of fused-ring (bicyclic) bond motifs is 2. The van der Waals surface area contributed by atoms with Crippen molar-refractivity contribution in [3.63, 3.8) is 0 Å². The molecule has 0 amide bonds. The summed E-state index contributed by atoms with van der Waals surface area (Å²) in [4.78, 5) is 41.6. The van der Waals surface area contributed by atoms with Crippen molar-refractivity contribution in [2.75, 3.05) is 42.0 Å². The van der Waals surface area contributed by atoms with E-state index in [2.05, 4.69) is 69.2 Å². The minimum Gasteiger partial charge on any atom is -0.131 e. The zero-order chi connectivity index (χ0) is 27.9. The van der Waals surface area contributed by atoms with E-state index in [9.17, 15) is 0 Å². The lowest BCUT2D eigenvalue weighted by Gasteiger charge is -2.48. The molecule has 2 bridgehead atoms. The molecule has 0 spiro atoms. The van der Waals surface area contributed by atoms with E-state index in [1.54, 1.807) is 28.3 Å². The van der Waals surface area contributed by atoms with E-state index in [-0.39, 0.29) is 41.6 Å². The lowest BCUT2D eigenvalue weighted by molar-refractivity contribution is -1.64. The quantitative estimate of drug-likeness (QED) is 0.460. The van der Waals surface area contributed by atoms with Crippen LogP contribution in [0.5, 0.6) is 0 Å². The summed E-state index contributed by atoms with van der Waals surface area (Å²) in [6.07, 6.45) is -0.155. The van der Waals surface area contributed by atoms with Crippen LogP contribution in [-0.2, 0) is 34.1 Å². The number of hydrogen-bond donors (Lipinski definition) is 0. The van der Waals surface area contributed by atoms with Gasteiger partial charge in [-0.1, -0.05) is 62.3 Å². The predicted molar refractivity (Wildman–Crippen MR) is 134 cm³/mol. The van der Waals surface area contributed by atoms with Gasteiger partial charge in [-0.3, -0.25) is 0 Å². The van der Waals surface area contributed by atoms with Crippen LogP contribution in [0.3, 0.4) is 0 Å². The molecule has 2 rings (SSSR count). The largest absolute Gasteiger partial charge is 0.213 e. The zero-order valence-electron chi connectivity index (χ0n) is 25.6. The second-order valence-corrected chi connectivity index (χ2v) is 12.2. The predicted octanol–water partition coefficient (Wildman–Crippen LogP) is 5.20. The van der Waals surface area contributed by atoms with Gasteiger partial charge in [0.2, 0.25) is 4.97 Å². The first kappa shape index (κ1) is 31.8. The summed E-state index contributed by atoms with van der Waals surface area (Å²) in [5.74, 6) is 1.99. The lowest BCUT2D eigenvalue weighted by Crippen LogP contribution is -2.67. The highest BCUT2D eigenvalue weighted by molar-refractivity contribution is 4.93. The Hall–Kier alpha value is -0.400. The smallest absolute Gasteiger partial charge is 0.131 e. The molecule has 0 aliphatic carbocycles. The van der Waals surface area contributed by atoms with Crippen molar-refractivity contribution in [3.8, 4) is 0 Å². The molecule has 2 aliphatic rings. The molecule has 2 aliphatic heterocycles. The van der Waals surface area contributed by atoms with Gasteiger partial charge in [0.05, 0.1) is 0 Å². The molecule has 2 saturated heterocycles. The molecule has 10 nitrogen and oxygen atoms in total. The molecular weight excluding hydrogens is 466 g/mol. The Bertz CT molecular complexity index is 732. The van der Waals surface area contributed by atoms with Gasteiger partial charge in [0.15, 0.2) is 31.1 Å². The third-order valence-electron chi connectivity index (χ3n) is 9.70. The molecule has 0 saturated carbocycles. The molecule has 0 aromatic carbocycles. The van der Waals surface area contributed by atoms with E-state index < -0.39 is 20.5 Å². The fraction of sp³-hybridized carbons (Fsp3) is 1.00. The van der Waals surface area contributed by atoms with Gasteiger partial charge in [-0.05, 0) is 54.3 Å². The monoisotopic (exact) mass is 522 g/mol. The molecule has 0 N–H and O–H groups in total. The van der Waals surface area contributed by atoms with Gasteiger partial charge in [0, 0.05) is 0 Å². The van der Waals surface area contributed by atoms with Crippen molar-refractivity contribution in [2.24, 2.45) is 47.3 Å². The van der Waals surface area contributed by atoms with E-state index in [0.717, 1.165) is 0 Å². The summed E-state index contributed by atoms with van der Waals surface area (Å²) in [5, 5.41) is 0. The average molecular weight is 523 g/mol. The first-order valence-corrected chi connectivity index (χ1v) is 13.5. The normalized spacial score (nSPS) is 49.0. The zero-order valence-corrected chi connectivity index (χ0v) is 25.6. The fourth-order valence-electron chi connectivity index (χ4n) is 5.77. The van der Waals surface area contributed by atoms with Crippen LogP contribution in [0.15, 0.2) is 0 Å². The maximum absolute atomic E-state index is 6.85. The number of nitrogens with zero attached hydrogens (tertiary/aromatic N) is 3. The maximum atomic E-state index is 6.85. The summed E-state index contributed by atoms with van der Waals surface area (Å²) in [5.41, 5.74) is -0.651. The van der Waals surface area contributed by atoms with Crippen LogP contribution >= 0.6 is 0 Å². The maximum Gasteiger partial charge on any atom is 0.213 e. The molecule has 10 heteroatoms. The Labute approximate surface area is 219 Å². The van der Waals surface area contributed by atoms with Crippen LogP contribution in [0, 0.1) is 47.3 Å². The van der Waals surface area contributed by atoms with Gasteiger partial charge in [0.1, 0.15) is 42.4 Å². The SMILES string of the molecule is CO[N+]1(C)OCC(C)C(C)C2(C)O[N+](C)(O1)O[N+](C)(OC)OC(C(C)C(C)C(C)C)C(C)C(C)C2C. The van der Waals surface area contributed by atoms with Gasteiger partial charge >= 0.3 is 0 Å². The van der Waals surface area contributed by atoms with Crippen LogP contribution in [-0.4, -0.2) is 68.6 Å². The van der Waals surface area contributed by atoms with Crippen molar-refractivity contribution in [2.45, 2.75) is 80.9 Å². The fourth-order valence-corrected chi connectivity index (χ4v) is 5.77. The van der Waals surface area contributed by atoms with Gasteiger partial charge < -0.3 is 0 Å². The van der Waals surface area contributed by atoms with Crippen molar-refractivity contribution in [3.05, 3.63) is 0 Å². The van der Waals surface area contributed by atoms with Crippen molar-refractivity contribution in [1.29, 1.82) is 0 Å². The van der Waals surface area contributed by atoms with Crippen molar-refractivity contribution in [1.82, 2.24) is 0 Å². The van der Waals surface area contributed by atoms with Crippen LogP contribution in [0.25, 0.3) is 0 Å². The number of hydroxylamine groups is 9.